The molecule has 3 atom stereocenters. The standard InChI is InChI=1S/C15H25NO4S/c1-3-14(17)16-10-6-7-11(2)18-15-12-8-4-5-9-13(15)20-21-19-12/h3,11-13,15H,1,4-10H2,2H3,(H,16,17). The Morgan fingerprint density at radius 1 is 1.43 bits per heavy atom. The summed E-state index contributed by atoms with van der Waals surface area (Å²) in [5.41, 5.74) is 0. The first-order chi connectivity index (χ1) is 10.2. The van der Waals surface area contributed by atoms with E-state index in [9.17, 15) is 4.79 Å². The summed E-state index contributed by atoms with van der Waals surface area (Å²) >= 11 is 1.12. The quantitative estimate of drug-likeness (QED) is 0.445. The maximum Gasteiger partial charge on any atom is 0.243 e. The lowest BCUT2D eigenvalue weighted by Gasteiger charge is -2.36. The van der Waals surface area contributed by atoms with Crippen LogP contribution in [0.5, 0.6) is 0 Å². The molecule has 21 heavy (non-hydrogen) atoms. The van der Waals surface area contributed by atoms with Crippen molar-refractivity contribution in [2.24, 2.45) is 0 Å². The molecule has 0 aromatic rings. The first-order valence-electron chi connectivity index (χ1n) is 7.75. The molecule has 1 heterocycles. The van der Waals surface area contributed by atoms with E-state index >= 15 is 0 Å². The number of amides is 1. The van der Waals surface area contributed by atoms with E-state index in [2.05, 4.69) is 18.8 Å². The molecule has 0 aromatic heterocycles. The van der Waals surface area contributed by atoms with E-state index in [0.717, 1.165) is 38.0 Å². The van der Waals surface area contributed by atoms with Crippen molar-refractivity contribution in [3.05, 3.63) is 12.7 Å². The molecule has 2 fully saturated rings. The minimum Gasteiger partial charge on any atom is -0.370 e. The Hall–Kier alpha value is -0.560. The molecule has 0 aromatic carbocycles. The normalized spacial score (nSPS) is 30.2. The average Bonchev–Trinajstić information content (AvgIpc) is 2.60. The SMILES string of the molecule is C=CC(=O)NCCCC(C)OC1C2CCCCC1OSO2. The van der Waals surface area contributed by atoms with Gasteiger partial charge in [0.05, 0.1) is 6.10 Å². The van der Waals surface area contributed by atoms with Crippen LogP contribution in [0, 0.1) is 0 Å². The minimum atomic E-state index is -0.124. The van der Waals surface area contributed by atoms with Crippen LogP contribution >= 0.6 is 12.3 Å². The molecule has 2 bridgehead atoms. The molecule has 2 rings (SSSR count). The van der Waals surface area contributed by atoms with Crippen molar-refractivity contribution in [2.75, 3.05) is 6.54 Å². The molecule has 1 saturated carbocycles. The molecule has 1 aliphatic carbocycles. The third-order valence-corrected chi connectivity index (χ3v) is 4.60. The molecule has 6 heteroatoms. The third-order valence-electron chi connectivity index (χ3n) is 3.95. The number of fused-ring (bicyclic) bond motifs is 2. The summed E-state index contributed by atoms with van der Waals surface area (Å²) in [7, 11) is 0. The highest BCUT2D eigenvalue weighted by Crippen LogP contribution is 2.36. The van der Waals surface area contributed by atoms with Crippen molar-refractivity contribution in [3.63, 3.8) is 0 Å². The van der Waals surface area contributed by atoms with Gasteiger partial charge < -0.3 is 10.1 Å². The van der Waals surface area contributed by atoms with Crippen LogP contribution in [0.1, 0.15) is 45.4 Å². The van der Waals surface area contributed by atoms with Crippen LogP contribution in [-0.2, 0) is 17.9 Å². The van der Waals surface area contributed by atoms with Crippen molar-refractivity contribution in [1.82, 2.24) is 5.32 Å². The van der Waals surface area contributed by atoms with E-state index in [1.54, 1.807) is 0 Å². The van der Waals surface area contributed by atoms with Crippen molar-refractivity contribution in [3.8, 4) is 0 Å². The topological polar surface area (TPSA) is 56.8 Å². The summed E-state index contributed by atoms with van der Waals surface area (Å²) in [5, 5.41) is 2.78. The van der Waals surface area contributed by atoms with E-state index in [0.29, 0.717) is 6.54 Å². The number of rotatable bonds is 7. The molecule has 1 saturated heterocycles. The zero-order valence-corrected chi connectivity index (χ0v) is 13.4. The number of hydrogen-bond donors (Lipinski definition) is 1. The summed E-state index contributed by atoms with van der Waals surface area (Å²) < 4.78 is 17.4. The lowest BCUT2D eigenvalue weighted by molar-refractivity contribution is -0.123. The highest BCUT2D eigenvalue weighted by molar-refractivity contribution is 7.89. The smallest absolute Gasteiger partial charge is 0.243 e. The van der Waals surface area contributed by atoms with Gasteiger partial charge in [0, 0.05) is 6.54 Å². The summed E-state index contributed by atoms with van der Waals surface area (Å²) in [5.74, 6) is -0.124. The van der Waals surface area contributed by atoms with Crippen LogP contribution in [0.2, 0.25) is 0 Å². The molecule has 1 N–H and O–H groups in total. The fourth-order valence-corrected chi connectivity index (χ4v) is 3.43. The van der Waals surface area contributed by atoms with Gasteiger partial charge in [0.2, 0.25) is 5.91 Å². The Labute approximate surface area is 131 Å². The highest BCUT2D eigenvalue weighted by atomic mass is 32.2. The Bertz CT molecular complexity index is 339. The van der Waals surface area contributed by atoms with Gasteiger partial charge in [-0.2, -0.15) is 0 Å². The number of nitrogens with one attached hydrogen (secondary N) is 1. The van der Waals surface area contributed by atoms with Gasteiger partial charge in [0.15, 0.2) is 12.3 Å². The van der Waals surface area contributed by atoms with Gasteiger partial charge in [0.1, 0.15) is 18.3 Å². The summed E-state index contributed by atoms with van der Waals surface area (Å²) in [4.78, 5) is 11.0. The Morgan fingerprint density at radius 3 is 2.71 bits per heavy atom. The van der Waals surface area contributed by atoms with Gasteiger partial charge in [-0.3, -0.25) is 13.2 Å². The largest absolute Gasteiger partial charge is 0.370 e. The van der Waals surface area contributed by atoms with Gasteiger partial charge in [-0.05, 0) is 38.7 Å². The van der Waals surface area contributed by atoms with Crippen LogP contribution in [0.3, 0.4) is 0 Å². The highest BCUT2D eigenvalue weighted by Gasteiger charge is 2.39. The van der Waals surface area contributed by atoms with Crippen molar-refractivity contribution >= 4 is 18.2 Å². The molecule has 120 valence electrons. The second-order valence-corrected chi connectivity index (χ2v) is 6.19. The summed E-state index contributed by atoms with van der Waals surface area (Å²) in [6, 6.07) is 0. The van der Waals surface area contributed by atoms with Gasteiger partial charge >= 0.3 is 0 Å². The summed E-state index contributed by atoms with van der Waals surface area (Å²) in [6.07, 6.45) is 7.96. The number of carbonyl (C=O) groups excluding carboxylic acids is 1. The Morgan fingerprint density at radius 2 is 2.10 bits per heavy atom. The van der Waals surface area contributed by atoms with E-state index < -0.39 is 0 Å². The molecule has 5 nitrogen and oxygen atoms in total. The molecular formula is C15H25NO4S. The van der Waals surface area contributed by atoms with E-state index in [1.807, 2.05) is 0 Å². The van der Waals surface area contributed by atoms with Crippen LogP contribution < -0.4 is 5.32 Å². The molecule has 3 unspecified atom stereocenters. The third kappa shape index (κ3) is 5.29. The number of ether oxygens (including phenoxy) is 1. The van der Waals surface area contributed by atoms with Gasteiger partial charge in [-0.25, -0.2) is 0 Å². The number of hydrogen-bond acceptors (Lipinski definition) is 5. The second-order valence-electron chi connectivity index (χ2n) is 5.67. The van der Waals surface area contributed by atoms with Gasteiger partial charge in [0.25, 0.3) is 0 Å². The van der Waals surface area contributed by atoms with Crippen molar-refractivity contribution in [1.29, 1.82) is 0 Å². The fourth-order valence-electron chi connectivity index (χ4n) is 2.77. The van der Waals surface area contributed by atoms with Gasteiger partial charge in [-0.1, -0.05) is 19.4 Å². The average molecular weight is 315 g/mol. The predicted octanol–water partition coefficient (Wildman–Crippen LogP) is 2.76. The van der Waals surface area contributed by atoms with Crippen LogP contribution in [0.25, 0.3) is 0 Å². The zero-order valence-electron chi connectivity index (χ0n) is 12.6. The van der Waals surface area contributed by atoms with Gasteiger partial charge in [-0.15, -0.1) is 0 Å². The molecule has 0 radical (unpaired) electrons. The maximum atomic E-state index is 11.0. The minimum absolute atomic E-state index is 0.0338. The Kier molecular flexibility index (Phi) is 7.03. The van der Waals surface area contributed by atoms with Crippen molar-refractivity contribution < 1.29 is 17.9 Å². The zero-order chi connectivity index (χ0) is 15.1. The molecule has 1 amide bonds. The second kappa shape index (κ2) is 8.78. The van der Waals surface area contributed by atoms with E-state index in [1.165, 1.54) is 18.9 Å². The van der Waals surface area contributed by atoms with Crippen LogP contribution in [-0.4, -0.2) is 36.9 Å². The fraction of sp³-hybridized carbons (Fsp3) is 0.800. The predicted molar refractivity (Wildman–Crippen MR) is 82.6 cm³/mol. The molecule has 2 aliphatic rings. The lowest BCUT2D eigenvalue weighted by atomic mass is 10.1. The van der Waals surface area contributed by atoms with Crippen LogP contribution in [0.4, 0.5) is 0 Å². The Balaban J connectivity index is 1.72. The first-order valence-corrected chi connectivity index (χ1v) is 8.42. The summed E-state index contributed by atoms with van der Waals surface area (Å²) in [6.45, 7) is 6.15. The monoisotopic (exact) mass is 315 g/mol. The molecule has 0 spiro atoms. The molecular weight excluding hydrogens is 290 g/mol. The van der Waals surface area contributed by atoms with E-state index in [-0.39, 0.29) is 30.3 Å². The van der Waals surface area contributed by atoms with Crippen molar-refractivity contribution in [2.45, 2.75) is 69.9 Å². The maximum absolute atomic E-state index is 11.0. The van der Waals surface area contributed by atoms with Crippen LogP contribution in [0.15, 0.2) is 12.7 Å². The lowest BCUT2D eigenvalue weighted by Crippen LogP contribution is -2.44. The molecule has 1 aliphatic heterocycles. The van der Waals surface area contributed by atoms with E-state index in [4.69, 9.17) is 13.1 Å². The number of carbonyl (C=O) groups is 1. The first kappa shape index (κ1) is 16.8.